The molecule has 0 aliphatic heterocycles. The molecule has 5 atom stereocenters. The molecule has 0 heterocycles. The van der Waals surface area contributed by atoms with Gasteiger partial charge in [0, 0.05) is 13.0 Å². The van der Waals surface area contributed by atoms with Gasteiger partial charge in [0.15, 0.2) is 11.9 Å². The molecule has 0 bridgehead atoms. The summed E-state index contributed by atoms with van der Waals surface area (Å²) in [4.78, 5) is 0. The normalized spacial score (nSPS) is 47.1. The van der Waals surface area contributed by atoms with Crippen molar-refractivity contribution < 1.29 is 30.3 Å². The van der Waals surface area contributed by atoms with Crippen LogP contribution in [0.5, 0.6) is 0 Å². The van der Waals surface area contributed by atoms with E-state index in [9.17, 15) is 15.3 Å². The zero-order valence-corrected chi connectivity index (χ0v) is 7.16. The number of methoxy groups -OCH3 is 1. The highest BCUT2D eigenvalue weighted by molar-refractivity contribution is 5.11. The van der Waals surface area contributed by atoms with Crippen LogP contribution in [-0.2, 0) is 4.74 Å². The molecule has 6 nitrogen and oxygen atoms in total. The molecule has 0 aromatic rings. The lowest BCUT2D eigenvalue weighted by Gasteiger charge is -2.53. The van der Waals surface area contributed by atoms with E-state index in [2.05, 4.69) is 4.74 Å². The molecule has 1 aliphatic rings. The van der Waals surface area contributed by atoms with Gasteiger partial charge in [-0.15, -0.1) is 0 Å². The van der Waals surface area contributed by atoms with Gasteiger partial charge < -0.3 is 30.3 Å². The van der Waals surface area contributed by atoms with E-state index in [0.717, 1.165) is 7.11 Å². The fourth-order valence-electron chi connectivity index (χ4n) is 1.64. The van der Waals surface area contributed by atoms with Crippen LogP contribution in [-0.4, -0.2) is 63.3 Å². The lowest BCUT2D eigenvalue weighted by atomic mass is 9.64. The third-order valence-corrected chi connectivity index (χ3v) is 2.62. The van der Waals surface area contributed by atoms with E-state index in [0.29, 0.717) is 0 Å². The van der Waals surface area contributed by atoms with E-state index < -0.39 is 36.6 Å². The van der Waals surface area contributed by atoms with Crippen molar-refractivity contribution in [2.45, 2.75) is 24.1 Å². The minimum absolute atomic E-state index is 0.533. The van der Waals surface area contributed by atoms with Gasteiger partial charge in [0.25, 0.3) is 0 Å². The molecule has 0 saturated heterocycles. The first-order valence-corrected chi connectivity index (χ1v) is 3.90. The Morgan fingerprint density at radius 1 is 1.46 bits per heavy atom. The van der Waals surface area contributed by atoms with Crippen LogP contribution in [0.2, 0.25) is 0 Å². The molecule has 0 amide bonds. The van der Waals surface area contributed by atoms with E-state index in [4.69, 9.17) is 10.2 Å². The molecule has 6 heteroatoms. The van der Waals surface area contributed by atoms with Crippen molar-refractivity contribution in [1.29, 1.82) is 0 Å². The summed E-state index contributed by atoms with van der Waals surface area (Å²) in [5.41, 5.74) is -1.98. The molecule has 78 valence electrons. The molecular formula is C7H14O6. The molecule has 3 unspecified atom stereocenters. The third-order valence-electron chi connectivity index (χ3n) is 2.62. The van der Waals surface area contributed by atoms with E-state index in [-0.39, 0.29) is 0 Å². The first-order valence-electron chi connectivity index (χ1n) is 3.90. The van der Waals surface area contributed by atoms with Crippen LogP contribution in [0.4, 0.5) is 0 Å². The average Bonchev–Trinajstić information content (AvgIpc) is 2.16. The molecular weight excluding hydrogens is 180 g/mol. The second-order valence-corrected chi connectivity index (χ2v) is 3.20. The Kier molecular flexibility index (Phi) is 2.91. The van der Waals surface area contributed by atoms with Gasteiger partial charge in [0.05, 0.1) is 12.7 Å². The summed E-state index contributed by atoms with van der Waals surface area (Å²) in [7, 11) is 1.15. The van der Waals surface area contributed by atoms with Gasteiger partial charge in [-0.25, -0.2) is 0 Å². The molecule has 0 radical (unpaired) electrons. The minimum Gasteiger partial charge on any atom is -0.396 e. The van der Waals surface area contributed by atoms with Gasteiger partial charge >= 0.3 is 0 Å². The monoisotopic (exact) mass is 194 g/mol. The Balaban J connectivity index is 2.77. The van der Waals surface area contributed by atoms with Gasteiger partial charge in [-0.2, -0.15) is 0 Å². The van der Waals surface area contributed by atoms with Gasteiger partial charge in [-0.3, -0.25) is 0 Å². The Bertz CT molecular complexity index is 180. The molecule has 1 rings (SSSR count). The maximum atomic E-state index is 9.63. The molecule has 5 N–H and O–H groups in total. The smallest absolute Gasteiger partial charge is 0.186 e. The van der Waals surface area contributed by atoms with E-state index in [1.807, 2.05) is 0 Å². The predicted molar refractivity (Wildman–Crippen MR) is 40.6 cm³/mol. The number of ether oxygens (including phenoxy) is 1. The van der Waals surface area contributed by atoms with Gasteiger partial charge in [-0.1, -0.05) is 0 Å². The quantitative estimate of drug-likeness (QED) is 0.307. The summed E-state index contributed by atoms with van der Waals surface area (Å²) in [6.45, 7) is -0.533. The maximum Gasteiger partial charge on any atom is 0.186 e. The molecule has 1 saturated carbocycles. The largest absolute Gasteiger partial charge is 0.396 e. The highest BCUT2D eigenvalue weighted by Gasteiger charge is 2.64. The van der Waals surface area contributed by atoms with Crippen LogP contribution < -0.4 is 0 Å². The van der Waals surface area contributed by atoms with E-state index in [1.54, 1.807) is 0 Å². The highest BCUT2D eigenvalue weighted by Crippen LogP contribution is 2.41. The standard InChI is InChI=1S/C7H14O6/c1-13-6(11)7(12)3(2-8)4(9)5(7)10/h3-6,8-12H,2H2,1H3/t3?,4-,5?,6-,7?/m1/s1. The van der Waals surface area contributed by atoms with Crippen LogP contribution in [0.3, 0.4) is 0 Å². The average molecular weight is 194 g/mol. The first kappa shape index (κ1) is 10.8. The van der Waals surface area contributed by atoms with Crippen molar-refractivity contribution in [1.82, 2.24) is 0 Å². The van der Waals surface area contributed by atoms with E-state index >= 15 is 0 Å². The summed E-state index contributed by atoms with van der Waals surface area (Å²) < 4.78 is 4.43. The third kappa shape index (κ3) is 1.26. The fraction of sp³-hybridized carbons (Fsp3) is 1.00. The first-order chi connectivity index (χ1) is 6.00. The Hall–Kier alpha value is -0.240. The van der Waals surface area contributed by atoms with Crippen molar-refractivity contribution in [3.63, 3.8) is 0 Å². The van der Waals surface area contributed by atoms with Gasteiger partial charge in [0.1, 0.15) is 6.10 Å². The second-order valence-electron chi connectivity index (χ2n) is 3.20. The summed E-state index contributed by atoms with van der Waals surface area (Å²) >= 11 is 0. The second kappa shape index (κ2) is 3.49. The number of aliphatic hydroxyl groups is 5. The number of aliphatic hydroxyl groups excluding tert-OH is 4. The molecule has 0 spiro atoms. The van der Waals surface area contributed by atoms with Crippen molar-refractivity contribution >= 4 is 0 Å². The van der Waals surface area contributed by atoms with Crippen molar-refractivity contribution in [2.75, 3.05) is 13.7 Å². The fourth-order valence-corrected chi connectivity index (χ4v) is 1.64. The van der Waals surface area contributed by atoms with Crippen LogP contribution in [0.15, 0.2) is 0 Å². The summed E-state index contributed by atoms with van der Waals surface area (Å²) in [5, 5.41) is 45.9. The van der Waals surface area contributed by atoms with Crippen LogP contribution >= 0.6 is 0 Å². The SMILES string of the molecule is CO[C@@H](O)C1(O)C(O)[C@H](O)C1CO. The zero-order chi connectivity index (χ0) is 10.2. The molecule has 1 aliphatic carbocycles. The topological polar surface area (TPSA) is 110 Å². The van der Waals surface area contributed by atoms with Crippen LogP contribution in [0, 0.1) is 5.92 Å². The van der Waals surface area contributed by atoms with E-state index in [1.165, 1.54) is 0 Å². The van der Waals surface area contributed by atoms with Crippen molar-refractivity contribution in [2.24, 2.45) is 5.92 Å². The zero-order valence-electron chi connectivity index (χ0n) is 7.16. The maximum absolute atomic E-state index is 9.63. The number of hydrogen-bond acceptors (Lipinski definition) is 6. The molecule has 1 fully saturated rings. The highest BCUT2D eigenvalue weighted by atomic mass is 16.6. The summed E-state index contributed by atoms with van der Waals surface area (Å²) in [6, 6.07) is 0. The van der Waals surface area contributed by atoms with Crippen molar-refractivity contribution in [3.05, 3.63) is 0 Å². The molecule has 13 heavy (non-hydrogen) atoms. The lowest BCUT2D eigenvalue weighted by molar-refractivity contribution is -0.343. The van der Waals surface area contributed by atoms with Gasteiger partial charge in [0.2, 0.25) is 0 Å². The van der Waals surface area contributed by atoms with Crippen LogP contribution in [0.25, 0.3) is 0 Å². The molecule has 0 aromatic carbocycles. The number of rotatable bonds is 3. The Labute approximate surface area is 75.0 Å². The lowest BCUT2D eigenvalue weighted by Crippen LogP contribution is -2.75. The Morgan fingerprint density at radius 2 is 2.00 bits per heavy atom. The van der Waals surface area contributed by atoms with Gasteiger partial charge in [-0.05, 0) is 0 Å². The van der Waals surface area contributed by atoms with Crippen molar-refractivity contribution in [3.8, 4) is 0 Å². The molecule has 0 aromatic heterocycles. The predicted octanol–water partition coefficient (Wildman–Crippen LogP) is -2.97. The summed E-state index contributed by atoms with van der Waals surface area (Å²) in [5.74, 6) is -0.988. The summed E-state index contributed by atoms with van der Waals surface area (Å²) in [6.07, 6.45) is -4.36. The minimum atomic E-state index is -1.98. The number of hydrogen-bond donors (Lipinski definition) is 5. The van der Waals surface area contributed by atoms with Crippen LogP contribution in [0.1, 0.15) is 0 Å². The Morgan fingerprint density at radius 3 is 2.38 bits per heavy atom.